The molecule has 1 aliphatic carbocycles. The van der Waals surface area contributed by atoms with E-state index in [2.05, 4.69) is 206 Å². The van der Waals surface area contributed by atoms with E-state index in [4.69, 9.17) is 9.97 Å². The van der Waals surface area contributed by atoms with Crippen molar-refractivity contribution in [2.75, 3.05) is 0 Å². The summed E-state index contributed by atoms with van der Waals surface area (Å²) in [6, 6.07) is 62.3. The van der Waals surface area contributed by atoms with Gasteiger partial charge >= 0.3 is 0 Å². The quantitative estimate of drug-likeness (QED) is 0.170. The molecule has 0 fully saturated rings. The summed E-state index contributed by atoms with van der Waals surface area (Å²) in [7, 11) is 0. The summed E-state index contributed by atoms with van der Waals surface area (Å²) >= 11 is 0. The first-order valence-electron chi connectivity index (χ1n) is 20.0. The van der Waals surface area contributed by atoms with E-state index in [0.29, 0.717) is 5.82 Å². The Hall–Kier alpha value is -7.75. The normalized spacial score (nSPS) is 15.8. The molecule has 2 heterocycles. The number of hydrogen-bond donors (Lipinski definition) is 0. The van der Waals surface area contributed by atoms with Gasteiger partial charge < -0.3 is 0 Å². The van der Waals surface area contributed by atoms with Crippen molar-refractivity contribution in [2.45, 2.75) is 6.42 Å². The zero-order chi connectivity index (χ0) is 39.5. The smallest absolute Gasteiger partial charge is 0.160 e. The van der Waals surface area contributed by atoms with Crippen molar-refractivity contribution in [3.63, 3.8) is 0 Å². The summed E-state index contributed by atoms with van der Waals surface area (Å²) in [6.07, 6.45) is 13.1. The van der Waals surface area contributed by atoms with E-state index in [0.717, 1.165) is 72.9 Å². The molecule has 0 saturated heterocycles. The van der Waals surface area contributed by atoms with Crippen LogP contribution in [-0.4, -0.2) is 15.0 Å². The van der Waals surface area contributed by atoms with Gasteiger partial charge in [0.2, 0.25) is 0 Å². The number of benzene rings is 7. The van der Waals surface area contributed by atoms with E-state index >= 15 is 0 Å². The molecule has 7 aromatic carbocycles. The van der Waals surface area contributed by atoms with Gasteiger partial charge in [0.1, 0.15) is 0 Å². The Morgan fingerprint density at radius 3 is 2.03 bits per heavy atom. The molecular weight excluding hydrogens is 715 g/mol. The van der Waals surface area contributed by atoms with Gasteiger partial charge in [0, 0.05) is 34.6 Å². The van der Waals surface area contributed by atoms with Gasteiger partial charge in [-0.3, -0.25) is 4.98 Å². The van der Waals surface area contributed by atoms with Gasteiger partial charge in [0.25, 0.3) is 0 Å². The number of rotatable bonds is 6. The number of hydrogen-bond acceptors (Lipinski definition) is 3. The molecule has 0 atom stereocenters. The van der Waals surface area contributed by atoms with Crippen LogP contribution in [0.4, 0.5) is 0 Å². The Morgan fingerprint density at radius 1 is 0.458 bits per heavy atom. The average molecular weight is 754 g/mol. The molecule has 10 rings (SSSR count). The van der Waals surface area contributed by atoms with Gasteiger partial charge in [-0.25, -0.2) is 9.97 Å². The first-order chi connectivity index (χ1) is 29.2. The van der Waals surface area contributed by atoms with Crippen LogP contribution in [0.1, 0.15) is 17.5 Å². The van der Waals surface area contributed by atoms with Gasteiger partial charge in [0.05, 0.1) is 11.4 Å². The predicted octanol–water partition coefficient (Wildman–Crippen LogP) is 12.3. The molecule has 0 radical (unpaired) electrons. The summed E-state index contributed by atoms with van der Waals surface area (Å²) in [4.78, 5) is 15.0. The van der Waals surface area contributed by atoms with Gasteiger partial charge in [-0.05, 0) is 102 Å². The lowest BCUT2D eigenvalue weighted by Crippen LogP contribution is -2.30. The molecule has 0 bridgehead atoms. The van der Waals surface area contributed by atoms with Gasteiger partial charge in [-0.15, -0.1) is 0 Å². The highest BCUT2D eigenvalue weighted by atomic mass is 14.9. The average Bonchev–Trinajstić information content (AvgIpc) is 3.30. The maximum Gasteiger partial charge on any atom is 0.160 e. The van der Waals surface area contributed by atoms with Crippen molar-refractivity contribution in [1.82, 2.24) is 15.0 Å². The zero-order valence-corrected chi connectivity index (χ0v) is 32.5. The Kier molecular flexibility index (Phi) is 9.46. The Morgan fingerprint density at radius 2 is 1.15 bits per heavy atom. The number of fused-ring (bicyclic) bond motifs is 3. The number of pyridine rings is 1. The maximum absolute atomic E-state index is 5.34. The topological polar surface area (TPSA) is 38.7 Å². The van der Waals surface area contributed by atoms with E-state index in [9.17, 15) is 0 Å². The van der Waals surface area contributed by atoms with Crippen molar-refractivity contribution in [3.8, 4) is 45.0 Å². The van der Waals surface area contributed by atoms with Crippen LogP contribution < -0.4 is 10.4 Å². The van der Waals surface area contributed by atoms with Gasteiger partial charge in [0.15, 0.2) is 5.82 Å². The number of nitrogens with zero attached hydrogens (tertiary/aromatic N) is 3. The largest absolute Gasteiger partial charge is 0.264 e. The van der Waals surface area contributed by atoms with Crippen LogP contribution in [0.3, 0.4) is 0 Å². The van der Waals surface area contributed by atoms with Crippen LogP contribution in [0.5, 0.6) is 0 Å². The number of aromatic nitrogens is 3. The van der Waals surface area contributed by atoms with Crippen molar-refractivity contribution in [3.05, 3.63) is 246 Å². The van der Waals surface area contributed by atoms with E-state index in [1.165, 1.54) is 32.5 Å². The zero-order valence-electron chi connectivity index (χ0n) is 32.5. The Labute approximate surface area is 344 Å². The predicted molar refractivity (Wildman–Crippen MR) is 246 cm³/mol. The second kappa shape index (κ2) is 15.7. The van der Waals surface area contributed by atoms with E-state index < -0.39 is 0 Å². The summed E-state index contributed by atoms with van der Waals surface area (Å²) < 4.78 is 0. The molecule has 59 heavy (non-hydrogen) atoms. The first-order valence-corrected chi connectivity index (χ1v) is 20.0. The van der Waals surface area contributed by atoms with Crippen LogP contribution in [0.15, 0.2) is 225 Å². The molecule has 3 heteroatoms. The van der Waals surface area contributed by atoms with Crippen LogP contribution >= 0.6 is 0 Å². The molecule has 9 aromatic rings. The lowest BCUT2D eigenvalue weighted by molar-refractivity contribution is 1.18. The molecule has 1 aliphatic rings. The molecular formula is C56H39N3. The molecule has 278 valence electrons. The highest BCUT2D eigenvalue weighted by Crippen LogP contribution is 2.34. The van der Waals surface area contributed by atoms with Gasteiger partial charge in [-0.2, -0.15) is 0 Å². The second-order valence-electron chi connectivity index (χ2n) is 14.9. The minimum Gasteiger partial charge on any atom is -0.264 e. The monoisotopic (exact) mass is 753 g/mol. The fourth-order valence-electron chi connectivity index (χ4n) is 8.27. The SMILES string of the molecule is C=C1/C=C\C=C/C/C(c2ccc3ccccc3c2)=c2/cccc/c2=C/1c1cccc(-c2nc(-c3cccc(-c4cccnc4)c3)cc(-c3cccc4ccccc34)n2)c1. The molecule has 0 aliphatic heterocycles. The summed E-state index contributed by atoms with van der Waals surface area (Å²) in [5.74, 6) is 0.653. The Balaban J connectivity index is 1.19. The summed E-state index contributed by atoms with van der Waals surface area (Å²) in [6.45, 7) is 4.65. The van der Waals surface area contributed by atoms with Crippen LogP contribution in [0.2, 0.25) is 0 Å². The minimum atomic E-state index is 0.653. The minimum absolute atomic E-state index is 0.653. The van der Waals surface area contributed by atoms with Crippen LogP contribution in [0.25, 0.3) is 77.7 Å². The van der Waals surface area contributed by atoms with Crippen molar-refractivity contribution < 1.29 is 0 Å². The summed E-state index contributed by atoms with van der Waals surface area (Å²) in [5.41, 5.74) is 12.4. The molecule has 0 N–H and O–H groups in total. The highest BCUT2D eigenvalue weighted by molar-refractivity contribution is 5.96. The molecule has 0 spiro atoms. The van der Waals surface area contributed by atoms with E-state index in [1.54, 1.807) is 6.20 Å². The third kappa shape index (κ3) is 7.11. The lowest BCUT2D eigenvalue weighted by Gasteiger charge is -2.15. The lowest BCUT2D eigenvalue weighted by atomic mass is 9.90. The third-order valence-corrected chi connectivity index (χ3v) is 11.2. The molecule has 0 saturated carbocycles. The van der Waals surface area contributed by atoms with Crippen molar-refractivity contribution >= 4 is 32.7 Å². The molecule has 2 aromatic heterocycles. The van der Waals surface area contributed by atoms with Crippen molar-refractivity contribution in [1.29, 1.82) is 0 Å². The molecule has 3 nitrogen and oxygen atoms in total. The maximum atomic E-state index is 5.34. The van der Waals surface area contributed by atoms with Crippen LogP contribution in [-0.2, 0) is 0 Å². The van der Waals surface area contributed by atoms with E-state index in [-0.39, 0.29) is 0 Å². The van der Waals surface area contributed by atoms with E-state index in [1.807, 2.05) is 12.3 Å². The molecule has 0 amide bonds. The summed E-state index contributed by atoms with van der Waals surface area (Å²) in [5, 5.41) is 7.10. The number of allylic oxidation sites excluding steroid dienone is 5. The molecule has 0 unspecified atom stereocenters. The highest BCUT2D eigenvalue weighted by Gasteiger charge is 2.16. The van der Waals surface area contributed by atoms with Crippen LogP contribution in [0, 0.1) is 0 Å². The second-order valence-corrected chi connectivity index (χ2v) is 14.9. The fourth-order valence-corrected chi connectivity index (χ4v) is 8.27. The first kappa shape index (κ1) is 35.6. The third-order valence-electron chi connectivity index (χ3n) is 11.2. The van der Waals surface area contributed by atoms with Crippen molar-refractivity contribution in [2.24, 2.45) is 0 Å². The fraction of sp³-hybridized carbons (Fsp3) is 0.0179. The Bertz CT molecular complexity index is 3260. The standard InChI is InChI=1S/C56H39N3/c1-38-15-3-2-4-25-49(43-31-30-39-16-5-6-18-41(39)33-43)50-27-9-10-28-52(50)55(38)45-22-12-23-46(35-45)56-58-53(44-21-11-20-42(34-44)47-24-14-32-57-37-47)36-54(59-56)51-29-13-19-40-17-7-8-26-48(40)51/h2-24,26-37H,1,25H2/b4-2-,15-3-,50-49+,55-52+. The van der Waals surface area contributed by atoms with Gasteiger partial charge in [-0.1, -0.05) is 176 Å².